The Morgan fingerprint density at radius 1 is 1.16 bits per heavy atom. The van der Waals surface area contributed by atoms with E-state index in [9.17, 15) is 14.4 Å². The topological polar surface area (TPSA) is 112 Å². The van der Waals surface area contributed by atoms with Gasteiger partial charge in [0.1, 0.15) is 30.4 Å². The van der Waals surface area contributed by atoms with Crippen LogP contribution in [0, 0.1) is 0 Å². The van der Waals surface area contributed by atoms with Crippen molar-refractivity contribution >= 4 is 29.3 Å². The number of carbonyl (C=O) groups excluding carboxylic acids is 2. The Morgan fingerprint density at radius 3 is 2.77 bits per heavy atom. The Bertz CT molecular complexity index is 949. The van der Waals surface area contributed by atoms with Crippen molar-refractivity contribution in [1.29, 1.82) is 0 Å². The number of carboxylic acids is 1. The van der Waals surface area contributed by atoms with E-state index in [0.29, 0.717) is 31.1 Å². The van der Waals surface area contributed by atoms with Crippen LogP contribution in [0.15, 0.2) is 42.5 Å². The summed E-state index contributed by atoms with van der Waals surface area (Å²) in [5.74, 6) is -0.727. The molecule has 1 aliphatic heterocycles. The number of ether oxygens (including phenoxy) is 1. The van der Waals surface area contributed by atoms with Crippen molar-refractivity contribution in [1.82, 2.24) is 14.8 Å². The number of para-hydroxylation sites is 2. The van der Waals surface area contributed by atoms with Crippen LogP contribution in [0.3, 0.4) is 0 Å². The number of fused-ring (bicyclic) bond motifs is 3. The molecule has 2 heterocycles. The highest BCUT2D eigenvalue weighted by atomic mass is 16.5. The third-order valence-corrected chi connectivity index (χ3v) is 4.86. The molecule has 2 amide bonds. The number of aliphatic carboxylic acids is 1. The molecular formula is C22H26N4O5. The Balaban J connectivity index is 1.84. The number of hydrogen-bond donors (Lipinski definition) is 2. The molecule has 0 saturated heterocycles. The van der Waals surface area contributed by atoms with E-state index in [-0.39, 0.29) is 18.1 Å². The summed E-state index contributed by atoms with van der Waals surface area (Å²) in [6.45, 7) is 0.262. The maximum Gasteiger partial charge on any atom is 0.323 e. The van der Waals surface area contributed by atoms with Crippen molar-refractivity contribution in [2.45, 2.75) is 19.3 Å². The van der Waals surface area contributed by atoms with E-state index in [2.05, 4.69) is 10.3 Å². The van der Waals surface area contributed by atoms with Gasteiger partial charge in [-0.1, -0.05) is 18.2 Å². The number of carboxylic acid groups (broad SMARTS) is 1. The van der Waals surface area contributed by atoms with Crippen LogP contribution in [0.4, 0.5) is 11.5 Å². The van der Waals surface area contributed by atoms with Gasteiger partial charge in [-0.3, -0.25) is 14.4 Å². The van der Waals surface area contributed by atoms with Crippen LogP contribution >= 0.6 is 0 Å². The maximum atomic E-state index is 13.1. The second kappa shape index (κ2) is 10.4. The average Bonchev–Trinajstić information content (AvgIpc) is 2.75. The molecule has 0 atom stereocenters. The monoisotopic (exact) mass is 426 g/mol. The smallest absolute Gasteiger partial charge is 0.323 e. The third kappa shape index (κ3) is 6.18. The number of aromatic nitrogens is 1. The van der Waals surface area contributed by atoms with Crippen molar-refractivity contribution in [2.24, 2.45) is 0 Å². The normalized spacial score (nSPS) is 14.5. The van der Waals surface area contributed by atoms with Gasteiger partial charge in [-0.25, -0.2) is 4.98 Å². The van der Waals surface area contributed by atoms with Gasteiger partial charge in [0.05, 0.1) is 12.3 Å². The first-order valence-corrected chi connectivity index (χ1v) is 10.1. The number of carbonyl (C=O) groups is 3. The lowest BCUT2D eigenvalue weighted by Crippen LogP contribution is -2.43. The first-order chi connectivity index (χ1) is 14.9. The van der Waals surface area contributed by atoms with E-state index < -0.39 is 18.4 Å². The van der Waals surface area contributed by atoms with Crippen LogP contribution in [0.1, 0.15) is 29.8 Å². The zero-order chi connectivity index (χ0) is 22.2. The zero-order valence-corrected chi connectivity index (χ0v) is 17.4. The van der Waals surface area contributed by atoms with E-state index in [0.717, 1.165) is 23.4 Å². The van der Waals surface area contributed by atoms with Crippen LogP contribution in [-0.2, 0) is 9.59 Å². The molecule has 0 unspecified atom stereocenters. The predicted molar refractivity (Wildman–Crippen MR) is 114 cm³/mol. The number of pyridine rings is 1. The molecular weight excluding hydrogens is 400 g/mol. The van der Waals surface area contributed by atoms with Crippen molar-refractivity contribution in [2.75, 3.05) is 38.6 Å². The van der Waals surface area contributed by atoms with Crippen LogP contribution in [0.2, 0.25) is 0 Å². The van der Waals surface area contributed by atoms with Gasteiger partial charge in [-0.05, 0) is 43.5 Å². The molecule has 3 rings (SSSR count). The molecule has 1 aliphatic rings. The SMILES string of the molecule is CN(CC(=O)O)C(=O)CN1CCCCCOc2ccccc2Nc2cccc(n2)C1=O. The molecule has 1 aromatic heterocycles. The first-order valence-electron chi connectivity index (χ1n) is 10.1. The van der Waals surface area contributed by atoms with Crippen molar-refractivity contribution in [3.63, 3.8) is 0 Å². The fourth-order valence-electron chi connectivity index (χ4n) is 3.21. The molecule has 2 bridgehead atoms. The Labute approximate surface area is 180 Å². The average molecular weight is 426 g/mol. The van der Waals surface area contributed by atoms with Crippen LogP contribution < -0.4 is 10.1 Å². The number of amides is 2. The van der Waals surface area contributed by atoms with Gasteiger partial charge in [0, 0.05) is 13.6 Å². The molecule has 0 spiro atoms. The minimum absolute atomic E-state index is 0.203. The summed E-state index contributed by atoms with van der Waals surface area (Å²) < 4.78 is 5.90. The quantitative estimate of drug-likeness (QED) is 0.772. The van der Waals surface area contributed by atoms with Crippen LogP contribution in [0.5, 0.6) is 5.75 Å². The lowest BCUT2D eigenvalue weighted by Gasteiger charge is -2.25. The van der Waals surface area contributed by atoms with E-state index in [4.69, 9.17) is 9.84 Å². The molecule has 2 aromatic rings. The second-order valence-electron chi connectivity index (χ2n) is 7.31. The Hall–Kier alpha value is -3.62. The molecule has 9 nitrogen and oxygen atoms in total. The minimum Gasteiger partial charge on any atom is -0.491 e. The van der Waals surface area contributed by atoms with Crippen molar-refractivity contribution in [3.8, 4) is 5.75 Å². The number of nitrogens with zero attached hydrogens (tertiary/aromatic N) is 3. The number of hydrogen-bond acceptors (Lipinski definition) is 6. The highest BCUT2D eigenvalue weighted by Crippen LogP contribution is 2.27. The fourth-order valence-corrected chi connectivity index (χ4v) is 3.21. The number of anilines is 2. The van der Waals surface area contributed by atoms with Gasteiger partial charge >= 0.3 is 5.97 Å². The molecule has 2 N–H and O–H groups in total. The predicted octanol–water partition coefficient (Wildman–Crippen LogP) is 2.37. The highest BCUT2D eigenvalue weighted by molar-refractivity contribution is 5.95. The molecule has 31 heavy (non-hydrogen) atoms. The van der Waals surface area contributed by atoms with Gasteiger partial charge < -0.3 is 25.0 Å². The van der Waals surface area contributed by atoms with Gasteiger partial charge in [0.2, 0.25) is 5.91 Å². The van der Waals surface area contributed by atoms with Gasteiger partial charge in [0.15, 0.2) is 0 Å². The summed E-state index contributed by atoms with van der Waals surface area (Å²) in [5, 5.41) is 12.1. The molecule has 0 aliphatic carbocycles. The van der Waals surface area contributed by atoms with E-state index in [1.165, 1.54) is 11.9 Å². The van der Waals surface area contributed by atoms with Crippen molar-refractivity contribution < 1.29 is 24.2 Å². The van der Waals surface area contributed by atoms with E-state index in [1.807, 2.05) is 24.3 Å². The van der Waals surface area contributed by atoms with E-state index >= 15 is 0 Å². The van der Waals surface area contributed by atoms with Crippen LogP contribution in [0.25, 0.3) is 0 Å². The van der Waals surface area contributed by atoms with Gasteiger partial charge in [-0.2, -0.15) is 0 Å². The zero-order valence-electron chi connectivity index (χ0n) is 17.4. The molecule has 9 heteroatoms. The minimum atomic E-state index is -1.11. The van der Waals surface area contributed by atoms with E-state index in [1.54, 1.807) is 18.2 Å². The maximum absolute atomic E-state index is 13.1. The summed E-state index contributed by atoms with van der Waals surface area (Å²) in [6.07, 6.45) is 2.30. The molecule has 0 fully saturated rings. The number of benzene rings is 1. The summed E-state index contributed by atoms with van der Waals surface area (Å²) in [6, 6.07) is 12.6. The molecule has 164 valence electrons. The largest absolute Gasteiger partial charge is 0.491 e. The second-order valence-corrected chi connectivity index (χ2v) is 7.31. The standard InChI is InChI=1S/C22H26N4O5/c1-25(15-21(28)29)20(27)14-26-12-5-2-6-13-31-18-10-4-3-8-16(18)23-19-11-7-9-17(24-19)22(26)30/h3-4,7-11H,2,5-6,12-15H2,1H3,(H,23,24)(H,28,29). The van der Waals surface area contributed by atoms with Crippen LogP contribution in [-0.4, -0.2) is 71.0 Å². The fraction of sp³-hybridized carbons (Fsp3) is 0.364. The highest BCUT2D eigenvalue weighted by Gasteiger charge is 2.23. The van der Waals surface area contributed by atoms with Gasteiger partial charge in [0.25, 0.3) is 5.91 Å². The number of rotatable bonds is 4. The van der Waals surface area contributed by atoms with Crippen molar-refractivity contribution in [3.05, 3.63) is 48.2 Å². The first kappa shape index (κ1) is 22.1. The molecule has 0 radical (unpaired) electrons. The summed E-state index contributed by atoms with van der Waals surface area (Å²) in [5.41, 5.74) is 0.952. The summed E-state index contributed by atoms with van der Waals surface area (Å²) >= 11 is 0. The Kier molecular flexibility index (Phi) is 7.42. The third-order valence-electron chi connectivity index (χ3n) is 4.86. The summed E-state index contributed by atoms with van der Waals surface area (Å²) in [7, 11) is 1.41. The molecule has 0 saturated carbocycles. The molecule has 1 aromatic carbocycles. The number of likely N-dealkylation sites (N-methyl/N-ethyl adjacent to an activating group) is 1. The Morgan fingerprint density at radius 2 is 1.97 bits per heavy atom. The summed E-state index contributed by atoms with van der Waals surface area (Å²) in [4.78, 5) is 43.4. The lowest BCUT2D eigenvalue weighted by atomic mass is 10.2. The van der Waals surface area contributed by atoms with Gasteiger partial charge in [-0.15, -0.1) is 0 Å². The number of nitrogens with one attached hydrogen (secondary N) is 1. The lowest BCUT2D eigenvalue weighted by molar-refractivity contribution is -0.143.